The monoisotopic (exact) mass is 209 g/mol. The average molecular weight is 209 g/mol. The van der Waals surface area contributed by atoms with Crippen LogP contribution < -0.4 is 0 Å². The molecule has 1 fully saturated rings. The van der Waals surface area contributed by atoms with Gasteiger partial charge >= 0.3 is 0 Å². The second kappa shape index (κ2) is 4.78. The molecule has 1 aliphatic heterocycles. The number of nitriles is 1. The number of likely N-dealkylation sites (N-methyl/N-ethyl adjacent to an activating group) is 1. The number of amides is 2. The van der Waals surface area contributed by atoms with Gasteiger partial charge in [0.05, 0.1) is 12.6 Å². The molecule has 1 unspecified atom stereocenters. The maximum absolute atomic E-state index is 11.7. The second-order valence-corrected chi connectivity index (χ2v) is 3.67. The number of hydrogen-bond acceptors (Lipinski definition) is 3. The first kappa shape index (κ1) is 11.5. The molecule has 0 spiro atoms. The third-order valence-corrected chi connectivity index (χ3v) is 2.63. The van der Waals surface area contributed by atoms with Crippen LogP contribution >= 0.6 is 0 Å². The van der Waals surface area contributed by atoms with Crippen molar-refractivity contribution in [3.05, 3.63) is 0 Å². The molecule has 1 aliphatic rings. The van der Waals surface area contributed by atoms with E-state index < -0.39 is 5.92 Å². The molecule has 0 radical (unpaired) electrons. The first-order chi connectivity index (χ1) is 7.10. The van der Waals surface area contributed by atoms with Crippen LogP contribution in [0.1, 0.15) is 13.3 Å². The number of piperazine rings is 1. The van der Waals surface area contributed by atoms with Crippen molar-refractivity contribution in [1.82, 2.24) is 9.80 Å². The summed E-state index contributed by atoms with van der Waals surface area (Å²) in [6.45, 7) is 2.98. The Bertz CT molecular complexity index is 308. The Labute approximate surface area is 89.3 Å². The second-order valence-electron chi connectivity index (χ2n) is 3.67. The van der Waals surface area contributed by atoms with Crippen LogP contribution in [0.15, 0.2) is 0 Å². The number of rotatable bonds is 2. The van der Waals surface area contributed by atoms with E-state index >= 15 is 0 Å². The molecule has 0 bridgehead atoms. The number of nitrogens with zero attached hydrogens (tertiary/aromatic N) is 3. The van der Waals surface area contributed by atoms with E-state index in [4.69, 9.17) is 5.26 Å². The third kappa shape index (κ3) is 2.46. The first-order valence-corrected chi connectivity index (χ1v) is 5.02. The molecule has 1 heterocycles. The summed E-state index contributed by atoms with van der Waals surface area (Å²) in [7, 11) is 1.71. The number of carbonyl (C=O) groups is 2. The smallest absolute Gasteiger partial charge is 0.241 e. The highest BCUT2D eigenvalue weighted by molar-refractivity contribution is 5.88. The van der Waals surface area contributed by atoms with Crippen LogP contribution in [0.5, 0.6) is 0 Å². The summed E-state index contributed by atoms with van der Waals surface area (Å²) in [5.41, 5.74) is 0. The van der Waals surface area contributed by atoms with Gasteiger partial charge in [-0.1, -0.05) is 6.92 Å². The van der Waals surface area contributed by atoms with Crippen LogP contribution in [0.3, 0.4) is 0 Å². The quantitative estimate of drug-likeness (QED) is 0.634. The molecule has 2 amide bonds. The fourth-order valence-corrected chi connectivity index (χ4v) is 1.49. The lowest BCUT2D eigenvalue weighted by atomic mass is 10.1. The Morgan fingerprint density at radius 1 is 1.60 bits per heavy atom. The van der Waals surface area contributed by atoms with E-state index in [1.54, 1.807) is 18.9 Å². The standard InChI is InChI=1S/C10H15N3O2/c1-3-8(6-11)10(15)13-5-4-12(2)9(14)7-13/h8H,3-5,7H2,1-2H3. The molecule has 0 aromatic carbocycles. The van der Waals surface area contributed by atoms with Crippen LogP contribution in [0, 0.1) is 17.2 Å². The van der Waals surface area contributed by atoms with Gasteiger partial charge in [-0.3, -0.25) is 9.59 Å². The molecular formula is C10H15N3O2. The van der Waals surface area contributed by atoms with Crippen molar-refractivity contribution in [2.45, 2.75) is 13.3 Å². The Kier molecular flexibility index (Phi) is 3.67. The maximum Gasteiger partial charge on any atom is 0.241 e. The molecule has 82 valence electrons. The van der Waals surface area contributed by atoms with Crippen molar-refractivity contribution < 1.29 is 9.59 Å². The van der Waals surface area contributed by atoms with Gasteiger partial charge in [0.2, 0.25) is 11.8 Å². The number of carbonyl (C=O) groups excluding carboxylic acids is 2. The highest BCUT2D eigenvalue weighted by Gasteiger charge is 2.28. The van der Waals surface area contributed by atoms with Gasteiger partial charge in [-0.25, -0.2) is 0 Å². The van der Waals surface area contributed by atoms with Crippen LogP contribution in [0.25, 0.3) is 0 Å². The van der Waals surface area contributed by atoms with E-state index in [0.29, 0.717) is 19.5 Å². The lowest BCUT2D eigenvalue weighted by molar-refractivity contribution is -0.145. The fourth-order valence-electron chi connectivity index (χ4n) is 1.49. The minimum Gasteiger partial charge on any atom is -0.342 e. The molecule has 0 aliphatic carbocycles. The molecule has 1 saturated heterocycles. The van der Waals surface area contributed by atoms with E-state index in [0.717, 1.165) is 0 Å². The minimum atomic E-state index is -0.610. The summed E-state index contributed by atoms with van der Waals surface area (Å²) < 4.78 is 0. The Balaban J connectivity index is 2.62. The van der Waals surface area contributed by atoms with Gasteiger partial charge in [-0.05, 0) is 6.42 Å². The summed E-state index contributed by atoms with van der Waals surface area (Å²) in [5.74, 6) is -0.898. The van der Waals surface area contributed by atoms with Gasteiger partial charge in [0.1, 0.15) is 5.92 Å². The van der Waals surface area contributed by atoms with Gasteiger partial charge < -0.3 is 9.80 Å². The SMILES string of the molecule is CCC(C#N)C(=O)N1CCN(C)C(=O)C1. The molecule has 0 aromatic rings. The van der Waals surface area contributed by atoms with E-state index in [1.165, 1.54) is 4.90 Å². The normalized spacial score (nSPS) is 18.6. The molecule has 1 rings (SSSR count). The van der Waals surface area contributed by atoms with Crippen molar-refractivity contribution in [2.75, 3.05) is 26.7 Å². The Morgan fingerprint density at radius 3 is 2.73 bits per heavy atom. The molecule has 0 N–H and O–H groups in total. The van der Waals surface area contributed by atoms with Gasteiger partial charge in [-0.2, -0.15) is 5.26 Å². The van der Waals surface area contributed by atoms with Crippen LogP contribution in [0.2, 0.25) is 0 Å². The van der Waals surface area contributed by atoms with E-state index in [9.17, 15) is 9.59 Å². The molecule has 0 saturated carbocycles. The third-order valence-electron chi connectivity index (χ3n) is 2.63. The molecular weight excluding hydrogens is 194 g/mol. The zero-order chi connectivity index (χ0) is 11.4. The van der Waals surface area contributed by atoms with Crippen molar-refractivity contribution in [3.8, 4) is 6.07 Å². The van der Waals surface area contributed by atoms with Gasteiger partial charge in [0, 0.05) is 20.1 Å². The summed E-state index contributed by atoms with van der Waals surface area (Å²) in [6, 6.07) is 1.96. The highest BCUT2D eigenvalue weighted by atomic mass is 16.2. The molecule has 5 heteroatoms. The zero-order valence-electron chi connectivity index (χ0n) is 9.06. The van der Waals surface area contributed by atoms with Crippen LogP contribution in [-0.4, -0.2) is 48.3 Å². The number of hydrogen-bond donors (Lipinski definition) is 0. The molecule has 1 atom stereocenters. The van der Waals surface area contributed by atoms with Crippen molar-refractivity contribution in [2.24, 2.45) is 5.92 Å². The van der Waals surface area contributed by atoms with Crippen molar-refractivity contribution in [3.63, 3.8) is 0 Å². The first-order valence-electron chi connectivity index (χ1n) is 5.02. The van der Waals surface area contributed by atoms with Crippen molar-refractivity contribution in [1.29, 1.82) is 5.26 Å². The van der Waals surface area contributed by atoms with Gasteiger partial charge in [0.25, 0.3) is 0 Å². The molecule has 5 nitrogen and oxygen atoms in total. The lowest BCUT2D eigenvalue weighted by Gasteiger charge is -2.32. The zero-order valence-corrected chi connectivity index (χ0v) is 9.06. The predicted molar refractivity (Wildman–Crippen MR) is 53.6 cm³/mol. The van der Waals surface area contributed by atoms with Crippen molar-refractivity contribution >= 4 is 11.8 Å². The summed E-state index contributed by atoms with van der Waals surface area (Å²) in [5, 5.41) is 8.75. The Hall–Kier alpha value is -1.57. The predicted octanol–water partition coefficient (Wildman–Crippen LogP) is -0.163. The van der Waals surface area contributed by atoms with E-state index in [1.807, 2.05) is 6.07 Å². The fraction of sp³-hybridized carbons (Fsp3) is 0.700. The topological polar surface area (TPSA) is 64.4 Å². The van der Waals surface area contributed by atoms with E-state index in [2.05, 4.69) is 0 Å². The summed E-state index contributed by atoms with van der Waals surface area (Å²) in [6.07, 6.45) is 0.496. The minimum absolute atomic E-state index is 0.0672. The van der Waals surface area contributed by atoms with Gasteiger partial charge in [-0.15, -0.1) is 0 Å². The largest absolute Gasteiger partial charge is 0.342 e. The van der Waals surface area contributed by atoms with Crippen LogP contribution in [0.4, 0.5) is 0 Å². The molecule has 15 heavy (non-hydrogen) atoms. The Morgan fingerprint density at radius 2 is 2.27 bits per heavy atom. The average Bonchev–Trinajstić information content (AvgIpc) is 2.23. The van der Waals surface area contributed by atoms with Crippen LogP contribution in [-0.2, 0) is 9.59 Å². The summed E-state index contributed by atoms with van der Waals surface area (Å²) >= 11 is 0. The van der Waals surface area contributed by atoms with E-state index in [-0.39, 0.29) is 18.4 Å². The molecule has 0 aromatic heterocycles. The maximum atomic E-state index is 11.7. The lowest BCUT2D eigenvalue weighted by Crippen LogP contribution is -2.52. The highest BCUT2D eigenvalue weighted by Crippen LogP contribution is 2.09. The summed E-state index contributed by atoms with van der Waals surface area (Å²) in [4.78, 5) is 26.2. The van der Waals surface area contributed by atoms with Gasteiger partial charge in [0.15, 0.2) is 0 Å².